The molecule has 0 aliphatic heterocycles. The van der Waals surface area contributed by atoms with Gasteiger partial charge < -0.3 is 0 Å². The molecular formula is C15H19FN4OS. The second kappa shape index (κ2) is 5.22. The summed E-state index contributed by atoms with van der Waals surface area (Å²) in [5.41, 5.74) is 0.326. The molecule has 0 aromatic carbocycles. The Labute approximate surface area is 131 Å². The summed E-state index contributed by atoms with van der Waals surface area (Å²) in [6, 6.07) is 1.82. The third kappa shape index (κ3) is 3.24. The molecule has 0 N–H and O–H groups in total. The maximum atomic E-state index is 13.9. The van der Waals surface area contributed by atoms with Gasteiger partial charge in [-0.2, -0.15) is 9.50 Å². The van der Waals surface area contributed by atoms with Gasteiger partial charge in [-0.05, 0) is 39.7 Å². The van der Waals surface area contributed by atoms with E-state index in [9.17, 15) is 8.60 Å². The van der Waals surface area contributed by atoms with Crippen LogP contribution in [0, 0.1) is 0 Å². The van der Waals surface area contributed by atoms with Gasteiger partial charge in [-0.1, -0.05) is 0 Å². The Morgan fingerprint density at radius 1 is 1.45 bits per heavy atom. The van der Waals surface area contributed by atoms with Crippen molar-refractivity contribution in [2.24, 2.45) is 4.40 Å². The molecule has 2 aromatic rings. The van der Waals surface area contributed by atoms with E-state index in [0.717, 1.165) is 10.9 Å². The first-order valence-corrected chi connectivity index (χ1v) is 8.34. The lowest BCUT2D eigenvalue weighted by molar-refractivity contribution is 0.264. The van der Waals surface area contributed by atoms with Crippen molar-refractivity contribution in [3.05, 3.63) is 24.2 Å². The number of alkyl halides is 1. The van der Waals surface area contributed by atoms with Crippen molar-refractivity contribution in [3.8, 4) is 0 Å². The van der Waals surface area contributed by atoms with Crippen molar-refractivity contribution in [1.82, 2.24) is 14.8 Å². The SMILES string of the molecule is CC(C)(C)[S@@](=O)N=Cc1cc2cnn(CC3(F)CC3)c2cn1. The van der Waals surface area contributed by atoms with Crippen LogP contribution >= 0.6 is 0 Å². The van der Waals surface area contributed by atoms with Crippen molar-refractivity contribution in [2.75, 3.05) is 0 Å². The van der Waals surface area contributed by atoms with Gasteiger partial charge in [0.1, 0.15) is 16.7 Å². The highest BCUT2D eigenvalue weighted by molar-refractivity contribution is 7.85. The second-order valence-corrected chi connectivity index (χ2v) is 8.65. The largest absolute Gasteiger partial charge is 0.260 e. The summed E-state index contributed by atoms with van der Waals surface area (Å²) in [4.78, 5) is 4.28. The third-order valence-corrected chi connectivity index (χ3v) is 4.92. The van der Waals surface area contributed by atoms with Gasteiger partial charge in [-0.15, -0.1) is 0 Å². The van der Waals surface area contributed by atoms with Crippen LogP contribution in [0.3, 0.4) is 0 Å². The predicted molar refractivity (Wildman–Crippen MR) is 86.1 cm³/mol. The summed E-state index contributed by atoms with van der Waals surface area (Å²) >= 11 is 0. The topological polar surface area (TPSA) is 60.1 Å². The molecule has 2 heterocycles. The van der Waals surface area contributed by atoms with Crippen LogP contribution in [-0.2, 0) is 17.5 Å². The van der Waals surface area contributed by atoms with E-state index < -0.39 is 21.4 Å². The summed E-state index contributed by atoms with van der Waals surface area (Å²) < 4.78 is 31.1. The molecule has 118 valence electrons. The molecule has 1 fully saturated rings. The van der Waals surface area contributed by atoms with Crippen LogP contribution in [-0.4, -0.2) is 35.6 Å². The van der Waals surface area contributed by atoms with E-state index >= 15 is 0 Å². The minimum Gasteiger partial charge on any atom is -0.260 e. The van der Waals surface area contributed by atoms with Gasteiger partial charge in [-0.25, -0.2) is 8.60 Å². The van der Waals surface area contributed by atoms with Crippen molar-refractivity contribution < 1.29 is 8.60 Å². The molecule has 1 saturated carbocycles. The van der Waals surface area contributed by atoms with Gasteiger partial charge in [-0.3, -0.25) is 9.67 Å². The smallest absolute Gasteiger partial charge is 0.144 e. The van der Waals surface area contributed by atoms with E-state index in [0.29, 0.717) is 18.5 Å². The average molecular weight is 322 g/mol. The molecule has 7 heteroatoms. The normalized spacial score (nSPS) is 18.9. The maximum absolute atomic E-state index is 13.9. The van der Waals surface area contributed by atoms with Crippen LogP contribution < -0.4 is 0 Å². The molecule has 1 atom stereocenters. The van der Waals surface area contributed by atoms with Gasteiger partial charge in [0, 0.05) is 5.39 Å². The van der Waals surface area contributed by atoms with E-state index in [2.05, 4.69) is 14.5 Å². The first-order valence-electron chi connectivity index (χ1n) is 7.23. The fourth-order valence-electron chi connectivity index (χ4n) is 2.01. The monoisotopic (exact) mass is 322 g/mol. The number of nitrogens with zero attached hydrogens (tertiary/aromatic N) is 4. The zero-order valence-corrected chi connectivity index (χ0v) is 13.7. The molecule has 22 heavy (non-hydrogen) atoms. The van der Waals surface area contributed by atoms with Crippen LogP contribution in [0.2, 0.25) is 0 Å². The molecule has 5 nitrogen and oxygen atoms in total. The Morgan fingerprint density at radius 2 is 2.18 bits per heavy atom. The van der Waals surface area contributed by atoms with E-state index in [1.807, 2.05) is 26.8 Å². The highest BCUT2D eigenvalue weighted by Crippen LogP contribution is 2.41. The maximum Gasteiger partial charge on any atom is 0.144 e. The van der Waals surface area contributed by atoms with Crippen LogP contribution in [0.25, 0.3) is 10.9 Å². The van der Waals surface area contributed by atoms with Gasteiger partial charge in [0.25, 0.3) is 0 Å². The van der Waals surface area contributed by atoms with Gasteiger partial charge in [0.2, 0.25) is 0 Å². The number of aromatic nitrogens is 3. The predicted octanol–water partition coefficient (Wildman–Crippen LogP) is 2.81. The van der Waals surface area contributed by atoms with Crippen molar-refractivity contribution >= 4 is 28.1 Å². The molecule has 0 bridgehead atoms. The Balaban J connectivity index is 1.82. The van der Waals surface area contributed by atoms with Crippen LogP contribution in [0.5, 0.6) is 0 Å². The third-order valence-electron chi connectivity index (χ3n) is 3.58. The molecule has 0 unspecified atom stereocenters. The van der Waals surface area contributed by atoms with Crippen molar-refractivity contribution in [1.29, 1.82) is 0 Å². The summed E-state index contributed by atoms with van der Waals surface area (Å²) in [5, 5.41) is 5.11. The Morgan fingerprint density at radius 3 is 2.82 bits per heavy atom. The lowest BCUT2D eigenvalue weighted by Gasteiger charge is -2.12. The van der Waals surface area contributed by atoms with Crippen LogP contribution in [0.4, 0.5) is 4.39 Å². The standard InChI is InChI=1S/C15H19FN4OS/c1-14(2,3)22(21)19-8-12-6-11-7-18-20(13(11)9-17-12)10-15(16)4-5-15/h6-9H,4-5,10H2,1-3H3/t22-/m1/s1. The van der Waals surface area contributed by atoms with Gasteiger partial charge in [0.15, 0.2) is 0 Å². The molecule has 1 aliphatic rings. The highest BCUT2D eigenvalue weighted by Gasteiger charge is 2.44. The van der Waals surface area contributed by atoms with Gasteiger partial charge in [0.05, 0.1) is 41.1 Å². The van der Waals surface area contributed by atoms with Crippen LogP contribution in [0.1, 0.15) is 39.3 Å². The van der Waals surface area contributed by atoms with Crippen molar-refractivity contribution in [2.45, 2.75) is 50.6 Å². The fourth-order valence-corrected chi connectivity index (χ4v) is 2.53. The highest BCUT2D eigenvalue weighted by atomic mass is 32.2. The van der Waals surface area contributed by atoms with E-state index in [1.165, 1.54) is 6.21 Å². The molecule has 0 radical (unpaired) electrons. The zero-order valence-electron chi connectivity index (χ0n) is 12.9. The zero-order chi connectivity index (χ0) is 16.0. The van der Waals surface area contributed by atoms with Crippen LogP contribution in [0.15, 0.2) is 22.9 Å². The first-order chi connectivity index (χ1) is 10.3. The fraction of sp³-hybridized carbons (Fsp3) is 0.533. The molecular weight excluding hydrogens is 303 g/mol. The summed E-state index contributed by atoms with van der Waals surface area (Å²) in [6.07, 6.45) is 6.07. The Bertz CT molecular complexity index is 758. The summed E-state index contributed by atoms with van der Waals surface area (Å²) in [5.74, 6) is 0. The number of halogens is 1. The summed E-state index contributed by atoms with van der Waals surface area (Å²) in [7, 11) is -1.31. The molecule has 2 aromatic heterocycles. The summed E-state index contributed by atoms with van der Waals surface area (Å²) in [6.45, 7) is 5.88. The average Bonchev–Trinajstić information content (AvgIpc) is 3.04. The number of hydrogen-bond acceptors (Lipinski definition) is 3. The minimum atomic E-state index is -1.31. The first kappa shape index (κ1) is 15.3. The van der Waals surface area contributed by atoms with E-state index in [-0.39, 0.29) is 6.54 Å². The molecule has 1 aliphatic carbocycles. The number of hydrogen-bond donors (Lipinski definition) is 0. The van der Waals surface area contributed by atoms with E-state index in [1.54, 1.807) is 17.1 Å². The lowest BCUT2D eigenvalue weighted by atomic mass is 10.3. The van der Waals surface area contributed by atoms with Crippen molar-refractivity contribution in [3.63, 3.8) is 0 Å². The number of fused-ring (bicyclic) bond motifs is 1. The lowest BCUT2D eigenvalue weighted by Crippen LogP contribution is -2.19. The second-order valence-electron chi connectivity index (χ2n) is 6.72. The molecule has 3 rings (SSSR count). The van der Waals surface area contributed by atoms with Gasteiger partial charge >= 0.3 is 0 Å². The molecule has 0 spiro atoms. The Kier molecular flexibility index (Phi) is 3.63. The minimum absolute atomic E-state index is 0.277. The van der Waals surface area contributed by atoms with E-state index in [4.69, 9.17) is 0 Å². The number of rotatable bonds is 4. The molecule has 0 saturated heterocycles. The quantitative estimate of drug-likeness (QED) is 0.813. The molecule has 0 amide bonds. The number of pyridine rings is 1. The Hall–Kier alpha value is -1.63.